The molecule has 0 heterocycles. The molecule has 4 heteroatoms. The number of carbonyl (C=O) groups excluding carboxylic acids is 2. The van der Waals surface area contributed by atoms with Crippen molar-refractivity contribution in [2.24, 2.45) is 0 Å². The molecule has 154 valence electrons. The summed E-state index contributed by atoms with van der Waals surface area (Å²) in [5.74, 6) is -0.0112. The Morgan fingerprint density at radius 2 is 1.20 bits per heavy atom. The lowest BCUT2D eigenvalue weighted by Gasteiger charge is -2.20. The minimum atomic E-state index is -0.148. The van der Waals surface area contributed by atoms with E-state index >= 15 is 0 Å². The zero-order valence-corrected chi connectivity index (χ0v) is 17.1. The van der Waals surface area contributed by atoms with Gasteiger partial charge >= 0.3 is 0 Å². The van der Waals surface area contributed by atoms with Gasteiger partial charge in [-0.05, 0) is 36.1 Å². The number of unbranched alkanes of at least 4 members (excludes halogenated alkanes) is 2. The summed E-state index contributed by atoms with van der Waals surface area (Å²) < 4.78 is 0. The van der Waals surface area contributed by atoms with Crippen molar-refractivity contribution in [3.8, 4) is 0 Å². The van der Waals surface area contributed by atoms with Crippen molar-refractivity contribution in [3.63, 3.8) is 0 Å². The van der Waals surface area contributed by atoms with Crippen LogP contribution in [0.2, 0.25) is 0 Å². The van der Waals surface area contributed by atoms with Crippen LogP contribution in [0.3, 0.4) is 0 Å². The lowest BCUT2D eigenvalue weighted by atomic mass is 9.98. The molecule has 0 unspecified atom stereocenters. The molecule has 0 atom stereocenters. The summed E-state index contributed by atoms with van der Waals surface area (Å²) in [4.78, 5) is 24.5. The molecule has 3 aromatic rings. The molecule has 0 aliphatic carbocycles. The Labute approximate surface area is 178 Å². The Morgan fingerprint density at radius 1 is 0.667 bits per heavy atom. The molecule has 2 N–H and O–H groups in total. The van der Waals surface area contributed by atoms with E-state index in [1.54, 1.807) is 12.1 Å². The van der Waals surface area contributed by atoms with Crippen LogP contribution in [-0.4, -0.2) is 18.4 Å². The number of rotatable bonds is 10. The first-order chi connectivity index (χ1) is 14.7. The number of hydrogen-bond donors (Lipinski definition) is 2. The van der Waals surface area contributed by atoms with Crippen molar-refractivity contribution >= 4 is 11.8 Å². The van der Waals surface area contributed by atoms with Crippen molar-refractivity contribution in [1.29, 1.82) is 0 Å². The standard InChI is InChI=1S/C26H28N2O2/c29-24(19-11-4-12-20-27-26(30)23-17-9-3-10-18-23)28-25(21-13-5-1-6-14-21)22-15-7-2-8-16-22/h1-3,5-10,13-18,25H,4,11-12,19-20H2,(H,27,30)(H,28,29). The third-order valence-corrected chi connectivity index (χ3v) is 4.97. The Kier molecular flexibility index (Phi) is 8.22. The molecule has 3 rings (SSSR count). The Balaban J connectivity index is 1.41. The monoisotopic (exact) mass is 400 g/mol. The summed E-state index contributed by atoms with van der Waals surface area (Å²) in [6.45, 7) is 0.617. The Morgan fingerprint density at radius 3 is 1.77 bits per heavy atom. The molecule has 0 aliphatic rings. The molecule has 4 nitrogen and oxygen atoms in total. The third-order valence-electron chi connectivity index (χ3n) is 4.97. The second-order valence-electron chi connectivity index (χ2n) is 7.25. The van der Waals surface area contributed by atoms with Gasteiger partial charge in [0.25, 0.3) is 5.91 Å². The average molecular weight is 401 g/mol. The van der Waals surface area contributed by atoms with Gasteiger partial charge in [0.2, 0.25) is 5.91 Å². The van der Waals surface area contributed by atoms with Gasteiger partial charge in [0.15, 0.2) is 0 Å². The van der Waals surface area contributed by atoms with Gasteiger partial charge in [0.1, 0.15) is 0 Å². The van der Waals surface area contributed by atoms with Gasteiger partial charge in [-0.15, -0.1) is 0 Å². The van der Waals surface area contributed by atoms with Gasteiger partial charge in [-0.3, -0.25) is 9.59 Å². The van der Waals surface area contributed by atoms with Crippen LogP contribution in [0, 0.1) is 0 Å². The van der Waals surface area contributed by atoms with Gasteiger partial charge in [-0.2, -0.15) is 0 Å². The fraction of sp³-hybridized carbons (Fsp3) is 0.231. The Bertz CT molecular complexity index is 872. The maximum atomic E-state index is 12.5. The molecule has 0 spiro atoms. The highest BCUT2D eigenvalue weighted by Crippen LogP contribution is 2.22. The highest BCUT2D eigenvalue weighted by atomic mass is 16.2. The minimum absolute atomic E-state index is 0.0426. The van der Waals surface area contributed by atoms with E-state index in [9.17, 15) is 9.59 Å². The maximum absolute atomic E-state index is 12.5. The lowest BCUT2D eigenvalue weighted by molar-refractivity contribution is -0.121. The van der Waals surface area contributed by atoms with E-state index in [1.807, 2.05) is 78.9 Å². The van der Waals surface area contributed by atoms with Crippen LogP contribution >= 0.6 is 0 Å². The first kappa shape index (κ1) is 21.3. The van der Waals surface area contributed by atoms with E-state index < -0.39 is 0 Å². The molecule has 0 saturated heterocycles. The first-order valence-electron chi connectivity index (χ1n) is 10.5. The highest BCUT2D eigenvalue weighted by molar-refractivity contribution is 5.94. The molecule has 0 radical (unpaired) electrons. The number of hydrogen-bond acceptors (Lipinski definition) is 2. The van der Waals surface area contributed by atoms with E-state index in [0.29, 0.717) is 18.5 Å². The molecular formula is C26H28N2O2. The third kappa shape index (κ3) is 6.59. The number of carbonyl (C=O) groups is 2. The fourth-order valence-corrected chi connectivity index (χ4v) is 3.36. The van der Waals surface area contributed by atoms with Crippen molar-refractivity contribution in [1.82, 2.24) is 10.6 Å². The first-order valence-corrected chi connectivity index (χ1v) is 10.5. The van der Waals surface area contributed by atoms with Crippen molar-refractivity contribution in [2.75, 3.05) is 6.54 Å². The molecule has 0 aliphatic heterocycles. The molecule has 3 aromatic carbocycles. The van der Waals surface area contributed by atoms with Crippen LogP contribution in [0.4, 0.5) is 0 Å². The molecular weight excluding hydrogens is 372 g/mol. The fourth-order valence-electron chi connectivity index (χ4n) is 3.36. The highest BCUT2D eigenvalue weighted by Gasteiger charge is 2.16. The minimum Gasteiger partial charge on any atom is -0.352 e. The van der Waals surface area contributed by atoms with Gasteiger partial charge in [0, 0.05) is 18.5 Å². The second kappa shape index (κ2) is 11.6. The van der Waals surface area contributed by atoms with Crippen LogP contribution in [0.25, 0.3) is 0 Å². The van der Waals surface area contributed by atoms with E-state index in [4.69, 9.17) is 0 Å². The van der Waals surface area contributed by atoms with Crippen LogP contribution in [-0.2, 0) is 4.79 Å². The summed E-state index contributed by atoms with van der Waals surface area (Å²) in [5.41, 5.74) is 2.81. The van der Waals surface area contributed by atoms with Crippen molar-refractivity contribution in [2.45, 2.75) is 31.7 Å². The van der Waals surface area contributed by atoms with Gasteiger partial charge in [0.05, 0.1) is 6.04 Å². The predicted octanol–water partition coefficient (Wildman–Crippen LogP) is 4.88. The van der Waals surface area contributed by atoms with Crippen LogP contribution in [0.5, 0.6) is 0 Å². The van der Waals surface area contributed by atoms with Crippen LogP contribution < -0.4 is 10.6 Å². The molecule has 0 bridgehead atoms. The zero-order valence-electron chi connectivity index (χ0n) is 17.1. The van der Waals surface area contributed by atoms with Gasteiger partial charge < -0.3 is 10.6 Å². The largest absolute Gasteiger partial charge is 0.352 e. The Hall–Kier alpha value is -3.40. The summed E-state index contributed by atoms with van der Waals surface area (Å²) in [5, 5.41) is 6.09. The molecule has 2 amide bonds. The normalized spacial score (nSPS) is 10.6. The number of benzene rings is 3. The van der Waals surface area contributed by atoms with E-state index in [2.05, 4.69) is 10.6 Å². The topological polar surface area (TPSA) is 58.2 Å². The summed E-state index contributed by atoms with van der Waals surface area (Å²) in [6.07, 6.45) is 3.02. The molecule has 0 saturated carbocycles. The van der Waals surface area contributed by atoms with Gasteiger partial charge in [-0.25, -0.2) is 0 Å². The van der Waals surface area contributed by atoms with E-state index in [-0.39, 0.29) is 17.9 Å². The van der Waals surface area contributed by atoms with Crippen LogP contribution in [0.1, 0.15) is 53.2 Å². The van der Waals surface area contributed by atoms with Gasteiger partial charge in [-0.1, -0.05) is 85.3 Å². The van der Waals surface area contributed by atoms with Crippen molar-refractivity contribution in [3.05, 3.63) is 108 Å². The lowest BCUT2D eigenvalue weighted by Crippen LogP contribution is -2.29. The van der Waals surface area contributed by atoms with Crippen LogP contribution in [0.15, 0.2) is 91.0 Å². The van der Waals surface area contributed by atoms with E-state index in [0.717, 1.165) is 30.4 Å². The molecule has 0 aromatic heterocycles. The molecule has 30 heavy (non-hydrogen) atoms. The SMILES string of the molecule is O=C(CCCCCNC(=O)c1ccccc1)NC(c1ccccc1)c1ccccc1. The summed E-state index contributed by atoms with van der Waals surface area (Å²) >= 11 is 0. The zero-order chi connectivity index (χ0) is 21.0. The predicted molar refractivity (Wildman–Crippen MR) is 120 cm³/mol. The van der Waals surface area contributed by atoms with Crippen molar-refractivity contribution < 1.29 is 9.59 Å². The summed E-state index contributed by atoms with van der Waals surface area (Å²) in [7, 11) is 0. The average Bonchev–Trinajstić information content (AvgIpc) is 2.81. The maximum Gasteiger partial charge on any atom is 0.251 e. The van der Waals surface area contributed by atoms with E-state index in [1.165, 1.54) is 0 Å². The quantitative estimate of drug-likeness (QED) is 0.477. The number of nitrogens with one attached hydrogen (secondary N) is 2. The second-order valence-corrected chi connectivity index (χ2v) is 7.25. The number of amides is 2. The summed E-state index contributed by atoms with van der Waals surface area (Å²) in [6, 6.07) is 29.1. The smallest absolute Gasteiger partial charge is 0.251 e. The molecule has 0 fully saturated rings.